The van der Waals surface area contributed by atoms with Gasteiger partial charge in [0.05, 0.1) is 9.88 Å². The Morgan fingerprint density at radius 2 is 2.26 bits per heavy atom. The smallest absolute Gasteiger partial charge is 0.158 e. The molecule has 2 unspecified atom stereocenters. The lowest BCUT2D eigenvalue weighted by atomic mass is 9.72. The van der Waals surface area contributed by atoms with Gasteiger partial charge in [-0.2, -0.15) is 0 Å². The van der Waals surface area contributed by atoms with E-state index in [9.17, 15) is 4.79 Å². The summed E-state index contributed by atoms with van der Waals surface area (Å²) in [4.78, 5) is 16.0. The number of likely N-dealkylation sites (N-methyl/N-ethyl adjacent to an activating group) is 1. The molecule has 0 N–H and O–H groups in total. The number of hydrogen-bond donors (Lipinski definition) is 0. The Bertz CT molecular complexity index is 457. The van der Waals surface area contributed by atoms with Crippen LogP contribution in [-0.4, -0.2) is 30.3 Å². The Labute approximate surface area is 124 Å². The van der Waals surface area contributed by atoms with Crippen LogP contribution in [-0.2, 0) is 11.2 Å². The van der Waals surface area contributed by atoms with E-state index in [0.29, 0.717) is 18.1 Å². The molecule has 1 fully saturated rings. The summed E-state index contributed by atoms with van der Waals surface area (Å²) in [6.07, 6.45) is 4.88. The highest BCUT2D eigenvalue weighted by Crippen LogP contribution is 2.37. The first-order valence-electron chi connectivity index (χ1n) is 6.89. The van der Waals surface area contributed by atoms with Crippen molar-refractivity contribution in [3.05, 3.63) is 21.3 Å². The lowest BCUT2D eigenvalue weighted by Gasteiger charge is -2.43. The van der Waals surface area contributed by atoms with Crippen molar-refractivity contribution in [3.8, 4) is 0 Å². The molecule has 2 atom stereocenters. The summed E-state index contributed by atoms with van der Waals surface area (Å²) in [5, 5.41) is 0. The van der Waals surface area contributed by atoms with E-state index in [1.807, 2.05) is 26.2 Å². The molecule has 1 saturated carbocycles. The zero-order valence-electron chi connectivity index (χ0n) is 11.9. The monoisotopic (exact) mass is 299 g/mol. The zero-order chi connectivity index (χ0) is 14.0. The first-order valence-corrected chi connectivity index (χ1v) is 8.08. The molecule has 4 heteroatoms. The summed E-state index contributed by atoms with van der Waals surface area (Å²) in [7, 11) is 4.08. The summed E-state index contributed by atoms with van der Waals surface area (Å²) in [6.45, 7) is 2.26. The van der Waals surface area contributed by atoms with Gasteiger partial charge < -0.3 is 0 Å². The highest BCUT2D eigenvalue weighted by molar-refractivity contribution is 7.16. The zero-order valence-corrected chi connectivity index (χ0v) is 13.5. The predicted octanol–water partition coefficient (Wildman–Crippen LogP) is 4.02. The minimum atomic E-state index is -0.270. The molecule has 1 aromatic rings. The number of carbonyl (C=O) groups is 1. The molecule has 0 aromatic carbocycles. The van der Waals surface area contributed by atoms with E-state index in [2.05, 4.69) is 11.8 Å². The predicted molar refractivity (Wildman–Crippen MR) is 82.1 cm³/mol. The molecule has 0 saturated heterocycles. The molecular formula is C15H22ClNOS. The molecule has 0 spiro atoms. The fraction of sp³-hybridized carbons (Fsp3) is 0.667. The Kier molecular flexibility index (Phi) is 4.70. The van der Waals surface area contributed by atoms with E-state index in [1.54, 1.807) is 0 Å². The molecule has 106 valence electrons. The van der Waals surface area contributed by atoms with Crippen LogP contribution in [0.2, 0.25) is 4.34 Å². The minimum Gasteiger partial charge on any atom is -0.297 e. The lowest BCUT2D eigenvalue weighted by Crippen LogP contribution is -2.54. The largest absolute Gasteiger partial charge is 0.297 e. The van der Waals surface area contributed by atoms with Gasteiger partial charge in [0.15, 0.2) is 5.78 Å². The van der Waals surface area contributed by atoms with E-state index < -0.39 is 0 Å². The summed E-state index contributed by atoms with van der Waals surface area (Å²) < 4.78 is 0.763. The Hall–Kier alpha value is -0.380. The van der Waals surface area contributed by atoms with Crippen LogP contribution in [0.4, 0.5) is 0 Å². The number of nitrogens with zero attached hydrogens (tertiary/aromatic N) is 1. The van der Waals surface area contributed by atoms with Crippen molar-refractivity contribution in [1.82, 2.24) is 4.90 Å². The molecule has 1 aliphatic rings. The third kappa shape index (κ3) is 3.21. The highest BCUT2D eigenvalue weighted by Gasteiger charge is 2.42. The van der Waals surface area contributed by atoms with Crippen LogP contribution in [0.1, 0.15) is 37.5 Å². The Balaban J connectivity index is 2.16. The van der Waals surface area contributed by atoms with Crippen molar-refractivity contribution in [1.29, 1.82) is 0 Å². The summed E-state index contributed by atoms with van der Waals surface area (Å²) in [5.74, 6) is 0.981. The van der Waals surface area contributed by atoms with Gasteiger partial charge in [-0.15, -0.1) is 11.3 Å². The Morgan fingerprint density at radius 3 is 2.79 bits per heavy atom. The van der Waals surface area contributed by atoms with Gasteiger partial charge in [-0.3, -0.25) is 9.69 Å². The van der Waals surface area contributed by atoms with Gasteiger partial charge in [-0.1, -0.05) is 31.4 Å². The number of rotatable bonds is 4. The highest BCUT2D eigenvalue weighted by atomic mass is 35.5. The normalized spacial score (nSPS) is 27.7. The third-order valence-electron chi connectivity index (χ3n) is 4.31. The van der Waals surface area contributed by atoms with Crippen molar-refractivity contribution in [2.24, 2.45) is 5.92 Å². The molecule has 0 amide bonds. The van der Waals surface area contributed by atoms with Crippen molar-refractivity contribution in [2.45, 2.75) is 44.6 Å². The summed E-state index contributed by atoms with van der Waals surface area (Å²) in [5.41, 5.74) is -0.270. The van der Waals surface area contributed by atoms with Crippen LogP contribution in [0.25, 0.3) is 0 Å². The van der Waals surface area contributed by atoms with Gasteiger partial charge >= 0.3 is 0 Å². The second-order valence-corrected chi connectivity index (χ2v) is 7.73. The first-order chi connectivity index (χ1) is 8.94. The van der Waals surface area contributed by atoms with E-state index >= 15 is 0 Å². The van der Waals surface area contributed by atoms with Gasteiger partial charge in [0.2, 0.25) is 0 Å². The fourth-order valence-electron chi connectivity index (χ4n) is 3.20. The van der Waals surface area contributed by atoms with Crippen LogP contribution < -0.4 is 0 Å². The SMILES string of the molecule is CC1CCCC(C(=O)Cc2ccc(Cl)s2)(N(C)C)C1. The lowest BCUT2D eigenvalue weighted by molar-refractivity contribution is -0.132. The number of halogens is 1. The maximum atomic E-state index is 12.8. The van der Waals surface area contributed by atoms with Gasteiger partial charge in [0.1, 0.15) is 0 Å². The Morgan fingerprint density at radius 1 is 1.53 bits per heavy atom. The summed E-state index contributed by atoms with van der Waals surface area (Å²) >= 11 is 7.46. The van der Waals surface area contributed by atoms with Crippen molar-refractivity contribution >= 4 is 28.7 Å². The molecule has 0 aliphatic heterocycles. The molecule has 2 rings (SSSR count). The minimum absolute atomic E-state index is 0.270. The van der Waals surface area contributed by atoms with Gasteiger partial charge in [-0.05, 0) is 45.0 Å². The van der Waals surface area contributed by atoms with E-state index in [-0.39, 0.29) is 5.54 Å². The average molecular weight is 300 g/mol. The quantitative estimate of drug-likeness (QED) is 0.837. The van der Waals surface area contributed by atoms with Crippen molar-refractivity contribution in [3.63, 3.8) is 0 Å². The maximum absolute atomic E-state index is 12.8. The van der Waals surface area contributed by atoms with Crippen LogP contribution in [0.3, 0.4) is 0 Å². The fourth-order valence-corrected chi connectivity index (χ4v) is 4.29. The van der Waals surface area contributed by atoms with Crippen LogP contribution >= 0.6 is 22.9 Å². The van der Waals surface area contributed by atoms with Crippen LogP contribution in [0, 0.1) is 5.92 Å². The number of hydrogen-bond acceptors (Lipinski definition) is 3. The van der Waals surface area contributed by atoms with E-state index in [1.165, 1.54) is 17.8 Å². The molecule has 2 nitrogen and oxygen atoms in total. The third-order valence-corrected chi connectivity index (χ3v) is 5.54. The first kappa shape index (κ1) is 15.0. The second-order valence-electron chi connectivity index (χ2n) is 5.93. The second kappa shape index (κ2) is 5.94. The topological polar surface area (TPSA) is 20.3 Å². The molecule has 19 heavy (non-hydrogen) atoms. The van der Waals surface area contributed by atoms with Gasteiger partial charge in [0.25, 0.3) is 0 Å². The number of carbonyl (C=O) groups excluding carboxylic acids is 1. The van der Waals surface area contributed by atoms with Gasteiger partial charge in [0, 0.05) is 11.3 Å². The standard InChI is InChI=1S/C15H22ClNOS/c1-11-5-4-8-15(10-11,17(2)3)13(18)9-12-6-7-14(16)19-12/h6-7,11H,4-5,8-10H2,1-3H3. The molecule has 1 aromatic heterocycles. The average Bonchev–Trinajstić information content (AvgIpc) is 2.74. The van der Waals surface area contributed by atoms with Crippen LogP contribution in [0.15, 0.2) is 12.1 Å². The van der Waals surface area contributed by atoms with Gasteiger partial charge in [-0.25, -0.2) is 0 Å². The number of Topliss-reactive ketones (excluding diaryl/α,β-unsaturated/α-hetero) is 1. The molecule has 1 heterocycles. The van der Waals surface area contributed by atoms with Crippen LogP contribution in [0.5, 0.6) is 0 Å². The van der Waals surface area contributed by atoms with E-state index in [0.717, 1.165) is 28.5 Å². The van der Waals surface area contributed by atoms with Crippen molar-refractivity contribution < 1.29 is 4.79 Å². The van der Waals surface area contributed by atoms with Crippen molar-refractivity contribution in [2.75, 3.05) is 14.1 Å². The molecule has 1 aliphatic carbocycles. The maximum Gasteiger partial charge on any atom is 0.158 e. The molecule has 0 bridgehead atoms. The summed E-state index contributed by atoms with van der Waals surface area (Å²) in [6, 6.07) is 3.85. The number of thiophene rings is 1. The molecular weight excluding hydrogens is 278 g/mol. The molecule has 0 radical (unpaired) electrons. The van der Waals surface area contributed by atoms with E-state index in [4.69, 9.17) is 11.6 Å². The number of ketones is 1.